The van der Waals surface area contributed by atoms with Crippen molar-refractivity contribution in [1.82, 2.24) is 0 Å². The van der Waals surface area contributed by atoms with Crippen LogP contribution in [-0.4, -0.2) is 28.1 Å². The molecule has 1 saturated carbocycles. The molecule has 1 aromatic carbocycles. The van der Waals surface area contributed by atoms with E-state index in [0.29, 0.717) is 11.3 Å². The molecule has 2 atom stereocenters. The van der Waals surface area contributed by atoms with E-state index in [1.807, 2.05) is 12.5 Å². The average molecular weight is 354 g/mol. The van der Waals surface area contributed by atoms with Crippen molar-refractivity contribution in [3.63, 3.8) is 0 Å². The number of hydrogen-bond acceptors (Lipinski definition) is 3. The van der Waals surface area contributed by atoms with Crippen molar-refractivity contribution in [3.8, 4) is 0 Å². The second-order valence-electron chi connectivity index (χ2n) is 7.95. The van der Waals surface area contributed by atoms with E-state index in [-0.39, 0.29) is 11.1 Å². The molecular formula is C18H29O3SSi. The van der Waals surface area contributed by atoms with Crippen LogP contribution < -0.4 is 0 Å². The maximum Gasteiger partial charge on any atom is 0.192 e. The normalized spacial score (nSPS) is 23.7. The van der Waals surface area contributed by atoms with E-state index in [0.717, 1.165) is 12.8 Å². The van der Waals surface area contributed by atoms with E-state index in [1.54, 1.807) is 24.3 Å². The largest absolute Gasteiger partial charge is 0.414 e. The van der Waals surface area contributed by atoms with E-state index in [2.05, 4.69) is 33.9 Å². The Morgan fingerprint density at radius 1 is 1.13 bits per heavy atom. The van der Waals surface area contributed by atoms with Gasteiger partial charge in [0.25, 0.3) is 0 Å². The van der Waals surface area contributed by atoms with Crippen LogP contribution in [0.1, 0.15) is 40.0 Å². The second kappa shape index (κ2) is 6.69. The molecule has 0 aliphatic heterocycles. The summed E-state index contributed by atoms with van der Waals surface area (Å²) in [6.07, 6.45) is 4.30. The van der Waals surface area contributed by atoms with Crippen molar-refractivity contribution < 1.29 is 12.8 Å². The topological polar surface area (TPSA) is 43.4 Å². The highest BCUT2D eigenvalue weighted by Crippen LogP contribution is 2.40. The highest BCUT2D eigenvalue weighted by molar-refractivity contribution is 7.92. The summed E-state index contributed by atoms with van der Waals surface area (Å²) in [6.45, 7) is 11.1. The number of sulfone groups is 1. The molecule has 1 aliphatic carbocycles. The lowest BCUT2D eigenvalue weighted by Crippen LogP contribution is -2.46. The molecule has 0 spiro atoms. The van der Waals surface area contributed by atoms with Gasteiger partial charge in [-0.15, -0.1) is 0 Å². The van der Waals surface area contributed by atoms with Crippen molar-refractivity contribution in [3.05, 3.63) is 36.8 Å². The minimum Gasteiger partial charge on any atom is -0.414 e. The first kappa shape index (κ1) is 18.7. The van der Waals surface area contributed by atoms with Gasteiger partial charge in [-0.2, -0.15) is 0 Å². The van der Waals surface area contributed by atoms with Crippen molar-refractivity contribution in [1.29, 1.82) is 0 Å². The average Bonchev–Trinajstić information content (AvgIpc) is 2.47. The molecule has 23 heavy (non-hydrogen) atoms. The first-order valence-corrected chi connectivity index (χ1v) is 12.8. The summed E-state index contributed by atoms with van der Waals surface area (Å²) in [6, 6.07) is 8.76. The summed E-state index contributed by atoms with van der Waals surface area (Å²) in [4.78, 5) is 0.411. The molecule has 0 saturated heterocycles. The molecule has 129 valence electrons. The Bertz CT molecular complexity index is 617. The van der Waals surface area contributed by atoms with Crippen LogP contribution in [0.25, 0.3) is 0 Å². The lowest BCUT2D eigenvalue weighted by atomic mass is 9.97. The van der Waals surface area contributed by atoms with Crippen LogP contribution in [-0.2, 0) is 14.3 Å². The van der Waals surface area contributed by atoms with Crippen LogP contribution in [0, 0.1) is 6.42 Å². The predicted molar refractivity (Wildman–Crippen MR) is 97.6 cm³/mol. The third kappa shape index (κ3) is 4.25. The molecule has 1 fully saturated rings. The van der Waals surface area contributed by atoms with Gasteiger partial charge in [-0.05, 0) is 55.9 Å². The van der Waals surface area contributed by atoms with Gasteiger partial charge in [-0.25, -0.2) is 8.42 Å². The molecule has 0 aromatic heterocycles. The van der Waals surface area contributed by atoms with Crippen molar-refractivity contribution in [2.75, 3.05) is 0 Å². The summed E-state index contributed by atoms with van der Waals surface area (Å²) in [5.41, 5.74) is 0. The van der Waals surface area contributed by atoms with Gasteiger partial charge >= 0.3 is 0 Å². The minimum atomic E-state index is -3.31. The number of hydrogen-bond donors (Lipinski definition) is 0. The van der Waals surface area contributed by atoms with Gasteiger partial charge in [0.2, 0.25) is 0 Å². The molecule has 0 heterocycles. The van der Waals surface area contributed by atoms with Crippen LogP contribution in [0.15, 0.2) is 35.2 Å². The SMILES string of the molecule is CC(C)(C)[Si](C)(C)OC1CC[CH]C(S(=O)(=O)c2ccccc2)C1. The zero-order valence-corrected chi connectivity index (χ0v) is 16.7. The van der Waals surface area contributed by atoms with Gasteiger partial charge in [0.1, 0.15) is 0 Å². The van der Waals surface area contributed by atoms with Gasteiger partial charge < -0.3 is 4.43 Å². The Kier molecular flexibility index (Phi) is 5.43. The molecule has 0 N–H and O–H groups in total. The molecular weight excluding hydrogens is 324 g/mol. The quantitative estimate of drug-likeness (QED) is 0.743. The smallest absolute Gasteiger partial charge is 0.192 e. The zero-order valence-electron chi connectivity index (χ0n) is 14.9. The minimum absolute atomic E-state index is 0.0457. The lowest BCUT2D eigenvalue weighted by molar-refractivity contribution is 0.150. The lowest BCUT2D eigenvalue weighted by Gasteiger charge is -2.41. The Balaban J connectivity index is 2.13. The highest BCUT2D eigenvalue weighted by atomic mass is 32.2. The van der Waals surface area contributed by atoms with Gasteiger partial charge in [0, 0.05) is 6.10 Å². The molecule has 0 bridgehead atoms. The van der Waals surface area contributed by atoms with Gasteiger partial charge in [0.05, 0.1) is 10.1 Å². The van der Waals surface area contributed by atoms with Gasteiger partial charge in [-0.3, -0.25) is 0 Å². The molecule has 1 aromatic rings. The van der Waals surface area contributed by atoms with E-state index >= 15 is 0 Å². The fourth-order valence-electron chi connectivity index (χ4n) is 2.68. The third-order valence-corrected chi connectivity index (χ3v) is 11.8. The summed E-state index contributed by atoms with van der Waals surface area (Å²) in [5, 5.41) is -0.296. The first-order valence-electron chi connectivity index (χ1n) is 8.34. The molecule has 2 rings (SSSR count). The van der Waals surface area contributed by atoms with Crippen molar-refractivity contribution >= 4 is 18.2 Å². The monoisotopic (exact) mass is 353 g/mol. The van der Waals surface area contributed by atoms with Crippen LogP contribution in [0.4, 0.5) is 0 Å². The van der Waals surface area contributed by atoms with Crippen LogP contribution in [0.3, 0.4) is 0 Å². The molecule has 3 nitrogen and oxygen atoms in total. The summed E-state index contributed by atoms with van der Waals surface area (Å²) in [5.74, 6) is 0. The summed E-state index contributed by atoms with van der Waals surface area (Å²) >= 11 is 0. The van der Waals surface area contributed by atoms with Crippen molar-refractivity contribution in [2.24, 2.45) is 0 Å². The molecule has 2 unspecified atom stereocenters. The van der Waals surface area contributed by atoms with Crippen LogP contribution in [0.2, 0.25) is 18.1 Å². The van der Waals surface area contributed by atoms with Crippen molar-refractivity contribution in [2.45, 2.75) is 74.4 Å². The second-order valence-corrected chi connectivity index (χ2v) is 14.9. The third-order valence-electron chi connectivity index (χ3n) is 5.15. The van der Waals surface area contributed by atoms with E-state index < -0.39 is 23.4 Å². The van der Waals surface area contributed by atoms with E-state index in [1.165, 1.54) is 0 Å². The zero-order chi connectivity index (χ0) is 17.3. The highest BCUT2D eigenvalue weighted by Gasteiger charge is 2.41. The number of benzene rings is 1. The maximum atomic E-state index is 12.8. The first-order chi connectivity index (χ1) is 10.5. The molecule has 1 radical (unpaired) electrons. The Labute approximate surface area is 142 Å². The Hall–Kier alpha value is -0.653. The summed E-state index contributed by atoms with van der Waals surface area (Å²) in [7, 11) is -5.18. The number of rotatable bonds is 4. The standard InChI is InChI=1S/C18H29O3SSi/c1-18(2,3)23(4,5)21-15-10-9-13-17(14-15)22(19,20)16-11-7-6-8-12-16/h6-8,11-13,15,17H,9-10,14H2,1-5H3. The van der Waals surface area contributed by atoms with Crippen LogP contribution in [0.5, 0.6) is 0 Å². The van der Waals surface area contributed by atoms with E-state index in [4.69, 9.17) is 4.43 Å². The van der Waals surface area contributed by atoms with Gasteiger partial charge in [0.15, 0.2) is 18.2 Å². The molecule has 1 aliphatic rings. The maximum absolute atomic E-state index is 12.8. The van der Waals surface area contributed by atoms with Crippen LogP contribution >= 0.6 is 0 Å². The summed E-state index contributed by atoms with van der Waals surface area (Å²) < 4.78 is 32.1. The van der Waals surface area contributed by atoms with Gasteiger partial charge in [-0.1, -0.05) is 39.0 Å². The fourth-order valence-corrected chi connectivity index (χ4v) is 5.82. The predicted octanol–water partition coefficient (Wildman–Crippen LogP) is 4.61. The fraction of sp³-hybridized carbons (Fsp3) is 0.611. The Morgan fingerprint density at radius 3 is 2.30 bits per heavy atom. The van der Waals surface area contributed by atoms with E-state index in [9.17, 15) is 8.42 Å². The molecule has 5 heteroatoms. The molecule has 0 amide bonds. The Morgan fingerprint density at radius 2 is 1.74 bits per heavy atom.